The van der Waals surface area contributed by atoms with Crippen molar-refractivity contribution in [3.05, 3.63) is 45.8 Å². The smallest absolute Gasteiger partial charge is 0.258 e. The number of hydrogen-bond acceptors (Lipinski definition) is 7. The van der Waals surface area contributed by atoms with E-state index in [4.69, 9.17) is 0 Å². The number of nitro benzene ring substituents is 1. The van der Waals surface area contributed by atoms with Crippen LogP contribution in [0, 0.1) is 10.1 Å². The topological polar surface area (TPSA) is 144 Å². The van der Waals surface area contributed by atoms with Crippen LogP contribution in [0.3, 0.4) is 0 Å². The molecule has 0 aliphatic heterocycles. The number of nitrogens with one attached hydrogen (secondary N) is 2. The van der Waals surface area contributed by atoms with Crippen LogP contribution in [0.5, 0.6) is 0 Å². The molecule has 0 fully saturated rings. The number of nitro groups is 1. The Bertz CT molecular complexity index is 730. The summed E-state index contributed by atoms with van der Waals surface area (Å²) in [5.41, 5.74) is -0.134. The Labute approximate surface area is 119 Å². The van der Waals surface area contributed by atoms with Gasteiger partial charge in [0, 0.05) is 11.6 Å². The standard InChI is InChI=1S/C10H12N6O4S/c1-7(10-11-14-15-12-10)13-21(19,20)6-8-4-2-3-5-9(8)16(17)18/h2-5,7,13H,6H2,1H3,(H,11,12,14,15). The summed E-state index contributed by atoms with van der Waals surface area (Å²) >= 11 is 0. The second kappa shape index (κ2) is 5.93. The van der Waals surface area contributed by atoms with Crippen molar-refractivity contribution in [1.29, 1.82) is 0 Å². The van der Waals surface area contributed by atoms with E-state index < -0.39 is 26.7 Å². The van der Waals surface area contributed by atoms with Crippen molar-refractivity contribution in [2.75, 3.05) is 0 Å². The minimum absolute atomic E-state index is 0.107. The zero-order chi connectivity index (χ0) is 15.5. The largest absolute Gasteiger partial charge is 0.273 e. The predicted octanol–water partition coefficient (Wildman–Crippen LogP) is 0.288. The average molecular weight is 312 g/mol. The lowest BCUT2D eigenvalue weighted by atomic mass is 10.2. The Morgan fingerprint density at radius 3 is 2.76 bits per heavy atom. The van der Waals surface area contributed by atoms with E-state index in [1.165, 1.54) is 18.2 Å². The zero-order valence-electron chi connectivity index (χ0n) is 10.9. The Morgan fingerprint density at radius 2 is 2.14 bits per heavy atom. The molecular formula is C10H12N6O4S. The molecule has 0 aliphatic rings. The lowest BCUT2D eigenvalue weighted by Crippen LogP contribution is -2.29. The second-order valence-corrected chi connectivity index (χ2v) is 6.01. The minimum Gasteiger partial charge on any atom is -0.258 e. The average Bonchev–Trinajstić information content (AvgIpc) is 2.91. The van der Waals surface area contributed by atoms with Gasteiger partial charge in [-0.3, -0.25) is 10.1 Å². The highest BCUT2D eigenvalue weighted by molar-refractivity contribution is 7.88. The molecule has 0 saturated heterocycles. The quantitative estimate of drug-likeness (QED) is 0.576. The molecule has 112 valence electrons. The first-order valence-electron chi connectivity index (χ1n) is 5.84. The molecule has 0 spiro atoms. The Kier molecular flexibility index (Phi) is 4.23. The number of H-pyrrole nitrogens is 1. The Balaban J connectivity index is 2.17. The molecule has 0 aliphatic carbocycles. The third-order valence-corrected chi connectivity index (χ3v) is 4.04. The van der Waals surface area contributed by atoms with E-state index in [1.807, 2.05) is 0 Å². The van der Waals surface area contributed by atoms with Crippen LogP contribution in [-0.4, -0.2) is 34.0 Å². The highest BCUT2D eigenvalue weighted by Gasteiger charge is 2.23. The maximum absolute atomic E-state index is 12.1. The number of aromatic nitrogens is 4. The van der Waals surface area contributed by atoms with Gasteiger partial charge in [-0.1, -0.05) is 23.4 Å². The van der Waals surface area contributed by atoms with Gasteiger partial charge in [-0.05, 0) is 6.92 Å². The van der Waals surface area contributed by atoms with Gasteiger partial charge in [-0.25, -0.2) is 13.1 Å². The Hall–Kier alpha value is -2.40. The number of benzene rings is 1. The van der Waals surface area contributed by atoms with Crippen molar-refractivity contribution in [3.63, 3.8) is 0 Å². The summed E-state index contributed by atoms with van der Waals surface area (Å²) < 4.78 is 26.5. The van der Waals surface area contributed by atoms with Crippen LogP contribution >= 0.6 is 0 Å². The van der Waals surface area contributed by atoms with Crippen molar-refractivity contribution in [2.45, 2.75) is 18.7 Å². The minimum atomic E-state index is -3.79. The third kappa shape index (κ3) is 3.79. The maximum atomic E-state index is 12.1. The van der Waals surface area contributed by atoms with Gasteiger partial charge in [0.05, 0.1) is 16.7 Å². The van der Waals surface area contributed by atoms with E-state index in [1.54, 1.807) is 13.0 Å². The molecule has 1 atom stereocenters. The van der Waals surface area contributed by atoms with E-state index in [0.717, 1.165) is 0 Å². The normalized spacial score (nSPS) is 13.0. The summed E-state index contributed by atoms with van der Waals surface area (Å²) in [6.45, 7) is 1.54. The molecule has 10 nitrogen and oxygen atoms in total. The first kappa shape index (κ1) is 15.0. The van der Waals surface area contributed by atoms with Gasteiger partial charge in [0.25, 0.3) is 5.69 Å². The number of sulfonamides is 1. The number of tetrazole rings is 1. The second-order valence-electron chi connectivity index (χ2n) is 4.25. The molecule has 0 radical (unpaired) electrons. The van der Waals surface area contributed by atoms with Crippen molar-refractivity contribution in [1.82, 2.24) is 25.3 Å². The summed E-state index contributed by atoms with van der Waals surface area (Å²) in [5, 5.41) is 23.8. The number of aromatic amines is 1. The van der Waals surface area contributed by atoms with Gasteiger partial charge in [0.15, 0.2) is 5.82 Å². The van der Waals surface area contributed by atoms with Crippen LogP contribution in [0.25, 0.3) is 0 Å². The summed E-state index contributed by atoms with van der Waals surface area (Å²) in [6, 6.07) is 4.98. The molecular weight excluding hydrogens is 300 g/mol. The van der Waals surface area contributed by atoms with Gasteiger partial charge < -0.3 is 0 Å². The first-order valence-corrected chi connectivity index (χ1v) is 7.50. The molecule has 2 N–H and O–H groups in total. The first-order chi connectivity index (χ1) is 9.89. The lowest BCUT2D eigenvalue weighted by Gasteiger charge is -2.10. The van der Waals surface area contributed by atoms with Crippen LogP contribution in [0.2, 0.25) is 0 Å². The zero-order valence-corrected chi connectivity index (χ0v) is 11.7. The molecule has 1 aromatic carbocycles. The molecule has 0 bridgehead atoms. The summed E-state index contributed by atoms with van der Waals surface area (Å²) in [5.74, 6) is -0.326. The fourth-order valence-corrected chi connectivity index (χ4v) is 3.11. The summed E-state index contributed by atoms with van der Waals surface area (Å²) in [7, 11) is -3.79. The SMILES string of the molecule is CC(NS(=O)(=O)Cc1ccccc1[N+](=O)[O-])c1nn[nH]n1. The predicted molar refractivity (Wildman–Crippen MR) is 71.4 cm³/mol. The molecule has 21 heavy (non-hydrogen) atoms. The van der Waals surface area contributed by atoms with Gasteiger partial charge >= 0.3 is 0 Å². The van der Waals surface area contributed by atoms with Crippen LogP contribution in [0.15, 0.2) is 24.3 Å². The van der Waals surface area contributed by atoms with E-state index in [9.17, 15) is 18.5 Å². The number of para-hydroxylation sites is 1. The fourth-order valence-electron chi connectivity index (χ4n) is 1.73. The lowest BCUT2D eigenvalue weighted by molar-refractivity contribution is -0.385. The molecule has 2 aromatic rings. The van der Waals surface area contributed by atoms with Crippen LogP contribution in [-0.2, 0) is 15.8 Å². The Morgan fingerprint density at radius 1 is 1.43 bits per heavy atom. The van der Waals surface area contributed by atoms with E-state index in [2.05, 4.69) is 25.3 Å². The van der Waals surface area contributed by atoms with Gasteiger partial charge in [0.1, 0.15) is 0 Å². The molecule has 11 heteroatoms. The molecule has 0 amide bonds. The number of hydrogen-bond donors (Lipinski definition) is 2. The van der Waals surface area contributed by atoms with Crippen LogP contribution in [0.4, 0.5) is 5.69 Å². The van der Waals surface area contributed by atoms with Crippen LogP contribution < -0.4 is 4.72 Å². The van der Waals surface area contributed by atoms with Crippen molar-refractivity contribution in [3.8, 4) is 0 Å². The molecule has 1 aromatic heterocycles. The summed E-state index contributed by atoms with van der Waals surface area (Å²) in [6.07, 6.45) is 0. The number of rotatable bonds is 6. The third-order valence-electron chi connectivity index (χ3n) is 2.64. The molecule has 0 saturated carbocycles. The van der Waals surface area contributed by atoms with Crippen LogP contribution in [0.1, 0.15) is 24.4 Å². The summed E-state index contributed by atoms with van der Waals surface area (Å²) in [4.78, 5) is 10.3. The van der Waals surface area contributed by atoms with Crippen molar-refractivity contribution >= 4 is 15.7 Å². The van der Waals surface area contributed by atoms with Gasteiger partial charge in [-0.2, -0.15) is 5.21 Å². The monoisotopic (exact) mass is 312 g/mol. The van der Waals surface area contributed by atoms with E-state index in [0.29, 0.717) is 0 Å². The highest BCUT2D eigenvalue weighted by atomic mass is 32.2. The fraction of sp³-hybridized carbons (Fsp3) is 0.300. The molecule has 1 unspecified atom stereocenters. The molecule has 1 heterocycles. The molecule has 2 rings (SSSR count). The maximum Gasteiger partial charge on any atom is 0.273 e. The van der Waals surface area contributed by atoms with E-state index >= 15 is 0 Å². The van der Waals surface area contributed by atoms with Crippen molar-refractivity contribution in [2.24, 2.45) is 0 Å². The van der Waals surface area contributed by atoms with Gasteiger partial charge in [0.2, 0.25) is 10.0 Å². The van der Waals surface area contributed by atoms with Gasteiger partial charge in [-0.15, -0.1) is 10.2 Å². The van der Waals surface area contributed by atoms with E-state index in [-0.39, 0.29) is 17.1 Å². The number of nitrogens with zero attached hydrogens (tertiary/aromatic N) is 4. The van der Waals surface area contributed by atoms with Crippen molar-refractivity contribution < 1.29 is 13.3 Å². The highest BCUT2D eigenvalue weighted by Crippen LogP contribution is 2.20.